The first-order valence-electron chi connectivity index (χ1n) is 8.38. The maximum atomic E-state index is 12.3. The fourth-order valence-electron chi connectivity index (χ4n) is 2.35. The molecule has 0 saturated carbocycles. The Morgan fingerprint density at radius 3 is 2.32 bits per heavy atom. The average molecular weight is 508 g/mol. The summed E-state index contributed by atoms with van der Waals surface area (Å²) in [5.41, 5.74) is 0. The van der Waals surface area contributed by atoms with Gasteiger partial charge in [0.05, 0.1) is 18.5 Å². The van der Waals surface area contributed by atoms with Gasteiger partial charge in [-0.2, -0.15) is 16.1 Å². The van der Waals surface area contributed by atoms with Gasteiger partial charge in [0.25, 0.3) is 0 Å². The summed E-state index contributed by atoms with van der Waals surface area (Å²) in [5.74, 6) is 0.889. The minimum atomic E-state index is -3.25. The minimum Gasteiger partial charge on any atom is -0.378 e. The molecule has 25 heavy (non-hydrogen) atoms. The summed E-state index contributed by atoms with van der Waals surface area (Å²) in [6, 6.07) is 0. The van der Waals surface area contributed by atoms with Crippen molar-refractivity contribution in [3.05, 3.63) is 0 Å². The molecule has 0 aromatic heterocycles. The predicted octanol–water partition coefficient (Wildman–Crippen LogP) is 1.30. The van der Waals surface area contributed by atoms with E-state index < -0.39 is 10.0 Å². The quantitative estimate of drug-likeness (QED) is 0.303. The van der Waals surface area contributed by atoms with Crippen LogP contribution >= 0.6 is 35.7 Å². The molecule has 7 nitrogen and oxygen atoms in total. The van der Waals surface area contributed by atoms with Gasteiger partial charge in [0.2, 0.25) is 10.0 Å². The van der Waals surface area contributed by atoms with Crippen molar-refractivity contribution in [1.82, 2.24) is 14.5 Å². The number of sulfonamides is 1. The fraction of sp³-hybridized carbons (Fsp3) is 0.933. The fourth-order valence-corrected chi connectivity index (χ4v) is 3.88. The number of aliphatic imine (C=N–C) groups is 1. The largest absolute Gasteiger partial charge is 0.378 e. The molecule has 1 aliphatic heterocycles. The summed E-state index contributed by atoms with van der Waals surface area (Å²) in [6.07, 6.45) is 2.14. The summed E-state index contributed by atoms with van der Waals surface area (Å²) in [7, 11) is -1.48. The molecule has 10 heteroatoms. The third-order valence-electron chi connectivity index (χ3n) is 3.89. The maximum absolute atomic E-state index is 12.3. The van der Waals surface area contributed by atoms with Gasteiger partial charge in [-0.05, 0) is 20.1 Å². The lowest BCUT2D eigenvalue weighted by Crippen LogP contribution is -2.54. The first-order chi connectivity index (χ1) is 11.3. The highest BCUT2D eigenvalue weighted by molar-refractivity contribution is 14.0. The van der Waals surface area contributed by atoms with Gasteiger partial charge in [-0.25, -0.2) is 8.42 Å². The van der Waals surface area contributed by atoms with Crippen LogP contribution in [0, 0.1) is 0 Å². The smallest absolute Gasteiger partial charge is 0.216 e. The molecule has 1 aliphatic rings. The van der Waals surface area contributed by atoms with Gasteiger partial charge in [-0.1, -0.05) is 6.92 Å². The summed E-state index contributed by atoms with van der Waals surface area (Å²) in [5, 5.41) is 3.86. The zero-order valence-electron chi connectivity index (χ0n) is 15.9. The van der Waals surface area contributed by atoms with Crippen LogP contribution in [0.3, 0.4) is 0 Å². The van der Waals surface area contributed by atoms with Gasteiger partial charge in [-0.15, -0.1) is 24.0 Å². The predicted molar refractivity (Wildman–Crippen MR) is 118 cm³/mol. The van der Waals surface area contributed by atoms with Crippen LogP contribution in [0.5, 0.6) is 0 Å². The van der Waals surface area contributed by atoms with E-state index in [9.17, 15) is 8.42 Å². The Balaban J connectivity index is 0.00000576. The van der Waals surface area contributed by atoms with Crippen LogP contribution in [-0.4, -0.2) is 93.3 Å². The number of thioether (sulfide) groups is 1. The molecule has 0 aromatic rings. The van der Waals surface area contributed by atoms with E-state index in [-0.39, 0.29) is 42.4 Å². The van der Waals surface area contributed by atoms with Gasteiger partial charge in [0, 0.05) is 45.0 Å². The van der Waals surface area contributed by atoms with Gasteiger partial charge >= 0.3 is 0 Å². The first kappa shape index (κ1) is 25.2. The SMILES string of the molecule is CN=C(NCC(C)SC)N1CCN(S(=O)(=O)CCOC(C)C)CC1.I. The molecule has 0 aliphatic carbocycles. The van der Waals surface area contributed by atoms with E-state index in [2.05, 4.69) is 28.4 Å². The Morgan fingerprint density at radius 2 is 1.84 bits per heavy atom. The molecule has 1 saturated heterocycles. The molecule has 1 fully saturated rings. The molecule has 1 unspecified atom stereocenters. The van der Waals surface area contributed by atoms with Gasteiger partial charge in [-0.3, -0.25) is 4.99 Å². The zero-order chi connectivity index (χ0) is 18.2. The molecule has 1 atom stereocenters. The summed E-state index contributed by atoms with van der Waals surface area (Å²) in [4.78, 5) is 6.42. The monoisotopic (exact) mass is 508 g/mol. The minimum absolute atomic E-state index is 0. The molecule has 1 rings (SSSR count). The normalized spacial score (nSPS) is 18.2. The second-order valence-electron chi connectivity index (χ2n) is 6.10. The lowest BCUT2D eigenvalue weighted by molar-refractivity contribution is 0.0904. The highest BCUT2D eigenvalue weighted by Crippen LogP contribution is 2.09. The second kappa shape index (κ2) is 12.6. The Labute approximate surface area is 174 Å². The molecule has 1 heterocycles. The van der Waals surface area contributed by atoms with E-state index in [4.69, 9.17) is 4.74 Å². The van der Waals surface area contributed by atoms with Crippen molar-refractivity contribution in [3.63, 3.8) is 0 Å². The molecule has 0 spiro atoms. The molecule has 150 valence electrons. The number of nitrogens with one attached hydrogen (secondary N) is 1. The standard InChI is InChI=1S/C15H32N4O3S2.HI/c1-13(2)22-10-11-24(20,21)19-8-6-18(7-9-19)15(16-4)17-12-14(3)23-5;/h13-14H,6-12H2,1-5H3,(H,16,17);1H. The van der Waals surface area contributed by atoms with Crippen LogP contribution in [0.15, 0.2) is 4.99 Å². The van der Waals surface area contributed by atoms with Gasteiger partial charge in [0.1, 0.15) is 0 Å². The van der Waals surface area contributed by atoms with Crippen molar-refractivity contribution < 1.29 is 13.2 Å². The van der Waals surface area contributed by atoms with Crippen molar-refractivity contribution in [2.45, 2.75) is 32.1 Å². The number of hydrogen-bond acceptors (Lipinski definition) is 5. The topological polar surface area (TPSA) is 74.2 Å². The Morgan fingerprint density at radius 1 is 1.24 bits per heavy atom. The molecular formula is C15H33IN4O3S2. The Bertz CT molecular complexity index is 495. The number of guanidine groups is 1. The Hall–Kier alpha value is 0.220. The first-order valence-corrected chi connectivity index (χ1v) is 11.3. The maximum Gasteiger partial charge on any atom is 0.216 e. The van der Waals surface area contributed by atoms with Crippen LogP contribution in [0.2, 0.25) is 0 Å². The van der Waals surface area contributed by atoms with Crippen molar-refractivity contribution in [2.24, 2.45) is 4.99 Å². The van der Waals surface area contributed by atoms with E-state index in [1.165, 1.54) is 0 Å². The summed E-state index contributed by atoms with van der Waals surface area (Å²) >= 11 is 1.80. The van der Waals surface area contributed by atoms with Crippen LogP contribution in [0.4, 0.5) is 0 Å². The molecule has 0 bridgehead atoms. The molecule has 1 N–H and O–H groups in total. The highest BCUT2D eigenvalue weighted by Gasteiger charge is 2.28. The Kier molecular flexibility index (Phi) is 12.7. The number of nitrogens with zero attached hydrogens (tertiary/aromatic N) is 3. The lowest BCUT2D eigenvalue weighted by Gasteiger charge is -2.36. The van der Waals surface area contributed by atoms with Crippen LogP contribution in [-0.2, 0) is 14.8 Å². The number of hydrogen-bond donors (Lipinski definition) is 1. The number of halogens is 1. The van der Waals surface area contributed by atoms with Crippen LogP contribution < -0.4 is 5.32 Å². The van der Waals surface area contributed by atoms with Crippen molar-refractivity contribution in [1.29, 1.82) is 0 Å². The molecule has 0 radical (unpaired) electrons. The number of piperazine rings is 1. The van der Waals surface area contributed by atoms with Crippen LogP contribution in [0.25, 0.3) is 0 Å². The van der Waals surface area contributed by atoms with Gasteiger partial charge in [0.15, 0.2) is 5.96 Å². The van der Waals surface area contributed by atoms with E-state index in [0.29, 0.717) is 31.4 Å². The van der Waals surface area contributed by atoms with E-state index in [1.54, 1.807) is 23.1 Å². The molecule has 0 aromatic carbocycles. The van der Waals surface area contributed by atoms with E-state index in [1.807, 2.05) is 13.8 Å². The van der Waals surface area contributed by atoms with Crippen LogP contribution in [0.1, 0.15) is 20.8 Å². The van der Waals surface area contributed by atoms with E-state index >= 15 is 0 Å². The average Bonchev–Trinajstić information content (AvgIpc) is 2.55. The lowest BCUT2D eigenvalue weighted by atomic mass is 10.4. The van der Waals surface area contributed by atoms with Gasteiger partial charge < -0.3 is 15.0 Å². The number of rotatable bonds is 8. The molecular weight excluding hydrogens is 475 g/mol. The second-order valence-corrected chi connectivity index (χ2v) is 9.46. The summed E-state index contributed by atoms with van der Waals surface area (Å²) in [6.45, 7) is 9.34. The van der Waals surface area contributed by atoms with Crippen molar-refractivity contribution in [2.75, 3.05) is 58.4 Å². The summed E-state index contributed by atoms with van der Waals surface area (Å²) < 4.78 is 31.6. The third-order valence-corrected chi connectivity index (χ3v) is 6.69. The van der Waals surface area contributed by atoms with Crippen molar-refractivity contribution in [3.8, 4) is 0 Å². The third kappa shape index (κ3) is 9.12. The zero-order valence-corrected chi connectivity index (χ0v) is 19.9. The molecule has 0 amide bonds. The van der Waals surface area contributed by atoms with E-state index in [0.717, 1.165) is 12.5 Å². The number of ether oxygens (including phenoxy) is 1. The van der Waals surface area contributed by atoms with Crippen molar-refractivity contribution >= 4 is 51.7 Å². The highest BCUT2D eigenvalue weighted by atomic mass is 127.